The number of alkyl halides is 2. The van der Waals surface area contributed by atoms with E-state index in [1.54, 1.807) is 31.4 Å². The molecule has 55 heavy (non-hydrogen) atoms. The van der Waals surface area contributed by atoms with Gasteiger partial charge in [0.2, 0.25) is 0 Å². The molecule has 11 heteroatoms. The quantitative estimate of drug-likeness (QED) is 0.0495. The summed E-state index contributed by atoms with van der Waals surface area (Å²) in [5.74, 6) is -2.47. The van der Waals surface area contributed by atoms with Crippen LogP contribution in [0.3, 0.4) is 0 Å². The Morgan fingerprint density at radius 1 is 0.836 bits per heavy atom. The molecule has 1 aliphatic rings. The number of methoxy groups -OCH3 is 1. The molecule has 1 aliphatic heterocycles. The van der Waals surface area contributed by atoms with Crippen LogP contribution in [0.1, 0.15) is 61.3 Å². The van der Waals surface area contributed by atoms with Crippen LogP contribution in [0.4, 0.5) is 17.6 Å². The van der Waals surface area contributed by atoms with Gasteiger partial charge in [-0.1, -0.05) is 61.9 Å². The Kier molecular flexibility index (Phi) is 12.6. The second-order valence-corrected chi connectivity index (χ2v) is 13.9. The van der Waals surface area contributed by atoms with E-state index >= 15 is 17.6 Å². The number of phenolic OH excluding ortho intramolecular Hbond substituents is 1. The Morgan fingerprint density at radius 2 is 1.56 bits per heavy atom. The molecule has 0 radical (unpaired) electrons. The number of benzene rings is 5. The molecular formula is C44H45F4NO6. The van der Waals surface area contributed by atoms with E-state index in [1.807, 2.05) is 18.2 Å². The normalized spacial score (nSPS) is 13.7. The van der Waals surface area contributed by atoms with Gasteiger partial charge in [0.25, 0.3) is 0 Å². The Morgan fingerprint density at radius 3 is 2.24 bits per heavy atom. The van der Waals surface area contributed by atoms with Gasteiger partial charge in [0, 0.05) is 29.2 Å². The second-order valence-electron chi connectivity index (χ2n) is 13.9. The second kappa shape index (κ2) is 17.6. The molecule has 0 unspecified atom stereocenters. The van der Waals surface area contributed by atoms with E-state index in [2.05, 4.69) is 6.92 Å². The minimum atomic E-state index is -4.27. The lowest BCUT2D eigenvalue weighted by atomic mass is 9.84. The highest BCUT2D eigenvalue weighted by Gasteiger charge is 2.40. The van der Waals surface area contributed by atoms with E-state index in [0.717, 1.165) is 82.4 Å². The maximum absolute atomic E-state index is 15.7. The molecule has 1 heterocycles. The van der Waals surface area contributed by atoms with Crippen LogP contribution >= 0.6 is 0 Å². The fraction of sp³-hybridized carbons (Fsp3) is 0.341. The first-order valence-electron chi connectivity index (χ1n) is 18.4. The first kappa shape index (κ1) is 39.6. The standard InChI is InChI=1S/C44H45F4NO6/c1-3-43(27-53-28-43)26-52-20-8-4-5-9-21-54-38-19-12-29(23-40(38)51-2)22-36-31(25-49)24-39(35-11-7-6-10-34(35)36)55-44(47,48)37-18-17-33(41(45)42(37)46)30-13-15-32(50)16-14-30/h6-7,10-19,23-25,49-50H,3-5,8-9,20-22,26-28H2,1-2H3. The first-order chi connectivity index (χ1) is 26.6. The molecule has 7 nitrogen and oxygen atoms in total. The first-order valence-corrected chi connectivity index (χ1v) is 18.4. The monoisotopic (exact) mass is 759 g/mol. The zero-order valence-corrected chi connectivity index (χ0v) is 30.9. The van der Waals surface area contributed by atoms with Gasteiger partial charge in [-0.25, -0.2) is 8.78 Å². The predicted octanol–water partition coefficient (Wildman–Crippen LogP) is 10.6. The van der Waals surface area contributed by atoms with Gasteiger partial charge in [-0.2, -0.15) is 8.78 Å². The lowest BCUT2D eigenvalue weighted by molar-refractivity contribution is -0.187. The zero-order valence-electron chi connectivity index (χ0n) is 30.9. The molecule has 1 fully saturated rings. The van der Waals surface area contributed by atoms with Gasteiger partial charge in [-0.15, -0.1) is 0 Å². The van der Waals surface area contributed by atoms with Gasteiger partial charge in [0.1, 0.15) is 17.1 Å². The van der Waals surface area contributed by atoms with Crippen LogP contribution in [0.2, 0.25) is 0 Å². The van der Waals surface area contributed by atoms with Gasteiger partial charge >= 0.3 is 6.11 Å². The largest absolute Gasteiger partial charge is 0.508 e. The van der Waals surface area contributed by atoms with Gasteiger partial charge in [-0.3, -0.25) is 0 Å². The van der Waals surface area contributed by atoms with Gasteiger partial charge in [0.15, 0.2) is 23.1 Å². The lowest BCUT2D eigenvalue weighted by Crippen LogP contribution is -2.45. The number of halogens is 4. The van der Waals surface area contributed by atoms with E-state index < -0.39 is 23.3 Å². The molecule has 0 bridgehead atoms. The number of nitrogens with one attached hydrogen (secondary N) is 1. The highest BCUT2D eigenvalue weighted by Crippen LogP contribution is 2.41. The summed E-state index contributed by atoms with van der Waals surface area (Å²) in [6.45, 7) is 5.78. The lowest BCUT2D eigenvalue weighted by Gasteiger charge is -2.40. The van der Waals surface area contributed by atoms with Crippen LogP contribution in [0, 0.1) is 22.5 Å². The van der Waals surface area contributed by atoms with Crippen LogP contribution < -0.4 is 14.2 Å². The number of unbranched alkanes of at least 4 members (excludes halogenated alkanes) is 3. The average Bonchev–Trinajstić information content (AvgIpc) is 3.17. The summed E-state index contributed by atoms with van der Waals surface area (Å²) in [5.41, 5.74) is 0.705. The Balaban J connectivity index is 1.12. The smallest absolute Gasteiger partial charge is 0.429 e. The summed E-state index contributed by atoms with van der Waals surface area (Å²) in [6.07, 6.45) is 2.10. The number of aromatic hydroxyl groups is 1. The molecule has 0 aromatic heterocycles. The van der Waals surface area contributed by atoms with Crippen LogP contribution in [0.5, 0.6) is 23.0 Å². The molecule has 0 aliphatic carbocycles. The van der Waals surface area contributed by atoms with Gasteiger partial charge in [0.05, 0.1) is 33.5 Å². The predicted molar refractivity (Wildman–Crippen MR) is 204 cm³/mol. The number of hydrogen-bond donors (Lipinski definition) is 2. The fourth-order valence-electron chi connectivity index (χ4n) is 6.72. The SMILES string of the molecule is CCC1(COCCCCCCOc2ccc(Cc3c(C=N)cc(OC(F)(F)c4ccc(-c5ccc(O)cc5)c(F)c4F)c4ccccc34)cc2OC)COC1. The van der Waals surface area contributed by atoms with Crippen LogP contribution in [0.15, 0.2) is 84.9 Å². The van der Waals surface area contributed by atoms with E-state index in [0.29, 0.717) is 46.4 Å². The van der Waals surface area contributed by atoms with E-state index in [9.17, 15) is 5.11 Å². The minimum absolute atomic E-state index is 0.0820. The Labute approximate surface area is 318 Å². The number of phenols is 1. The van der Waals surface area contributed by atoms with Crippen molar-refractivity contribution in [2.24, 2.45) is 5.41 Å². The molecule has 1 saturated heterocycles. The molecule has 290 valence electrons. The summed E-state index contributed by atoms with van der Waals surface area (Å²) >= 11 is 0. The third-order valence-electron chi connectivity index (χ3n) is 10.1. The van der Waals surface area contributed by atoms with Crippen molar-refractivity contribution in [1.29, 1.82) is 5.41 Å². The number of fused-ring (bicyclic) bond motifs is 1. The zero-order chi connectivity index (χ0) is 39.0. The van der Waals surface area contributed by atoms with Crippen molar-refractivity contribution >= 4 is 17.0 Å². The van der Waals surface area contributed by atoms with Crippen LogP contribution in [-0.4, -0.2) is 51.5 Å². The molecule has 5 aromatic carbocycles. The summed E-state index contributed by atoms with van der Waals surface area (Å²) in [6, 6.07) is 20.7. The molecule has 0 spiro atoms. The topological polar surface area (TPSA) is 90.2 Å². The highest BCUT2D eigenvalue weighted by molar-refractivity contribution is 5.98. The molecule has 6 rings (SSSR count). The summed E-state index contributed by atoms with van der Waals surface area (Å²) in [5, 5.41) is 18.5. The van der Waals surface area contributed by atoms with Crippen molar-refractivity contribution in [2.75, 3.05) is 40.1 Å². The van der Waals surface area contributed by atoms with Crippen molar-refractivity contribution in [3.8, 4) is 34.1 Å². The third kappa shape index (κ3) is 9.06. The van der Waals surface area contributed by atoms with Crippen LogP contribution in [-0.2, 0) is 22.0 Å². The maximum atomic E-state index is 15.7. The Bertz CT molecular complexity index is 2100. The highest BCUT2D eigenvalue weighted by atomic mass is 19.3. The van der Waals surface area contributed by atoms with Crippen LogP contribution in [0.25, 0.3) is 21.9 Å². The fourth-order valence-corrected chi connectivity index (χ4v) is 6.72. The van der Waals surface area contributed by atoms with E-state index in [1.165, 1.54) is 30.3 Å². The molecular weight excluding hydrogens is 714 g/mol. The molecule has 5 aromatic rings. The minimum Gasteiger partial charge on any atom is -0.508 e. The molecule has 0 atom stereocenters. The van der Waals surface area contributed by atoms with Gasteiger partial charge < -0.3 is 34.2 Å². The number of rotatable bonds is 19. The van der Waals surface area contributed by atoms with Crippen molar-refractivity contribution < 1.29 is 46.4 Å². The summed E-state index contributed by atoms with van der Waals surface area (Å²) in [4.78, 5) is 0. The molecule has 2 N–H and O–H groups in total. The van der Waals surface area contributed by atoms with Crippen molar-refractivity contribution in [3.05, 3.63) is 119 Å². The van der Waals surface area contributed by atoms with Crippen molar-refractivity contribution in [1.82, 2.24) is 0 Å². The molecule has 0 saturated carbocycles. The summed E-state index contributed by atoms with van der Waals surface area (Å²) < 4.78 is 89.9. The Hall–Kier alpha value is -5.13. The average molecular weight is 760 g/mol. The van der Waals surface area contributed by atoms with Gasteiger partial charge in [-0.05, 0) is 96.1 Å². The van der Waals surface area contributed by atoms with E-state index in [4.69, 9.17) is 29.1 Å². The molecule has 0 amide bonds. The maximum Gasteiger partial charge on any atom is 0.429 e. The van der Waals surface area contributed by atoms with Crippen molar-refractivity contribution in [3.63, 3.8) is 0 Å². The van der Waals surface area contributed by atoms with Crippen molar-refractivity contribution in [2.45, 2.75) is 51.6 Å². The number of ether oxygens (including phenoxy) is 5. The third-order valence-corrected chi connectivity index (χ3v) is 10.1. The number of hydrogen-bond acceptors (Lipinski definition) is 7. The van der Waals surface area contributed by atoms with E-state index in [-0.39, 0.29) is 28.0 Å². The summed E-state index contributed by atoms with van der Waals surface area (Å²) in [7, 11) is 1.56.